The number of carbonyl (C=O) groups excluding carboxylic acids is 2. The van der Waals surface area contributed by atoms with Gasteiger partial charge in [0.2, 0.25) is 0 Å². The van der Waals surface area contributed by atoms with Gasteiger partial charge in [-0.2, -0.15) is 0 Å². The molecule has 0 saturated heterocycles. The molecular weight excluding hydrogens is 616 g/mol. The van der Waals surface area contributed by atoms with Crippen LogP contribution < -0.4 is 16.2 Å². The molecule has 2 atom stereocenters. The summed E-state index contributed by atoms with van der Waals surface area (Å²) in [5.41, 5.74) is 3.33. The maximum Gasteiger partial charge on any atom is 0.276 e. The number of aromatic nitrogens is 2. The molecule has 0 aliphatic carbocycles. The minimum absolute atomic E-state index is 0.0393. The average Bonchev–Trinajstić information content (AvgIpc) is 3.26. The number of nitrogens with one attached hydrogen (secondary N) is 2. The van der Waals surface area contributed by atoms with E-state index in [1.54, 1.807) is 40.4 Å². The van der Waals surface area contributed by atoms with E-state index in [0.29, 0.717) is 35.5 Å². The minimum atomic E-state index is -1.21. The first-order valence-corrected chi connectivity index (χ1v) is 16.3. The zero-order chi connectivity index (χ0) is 35.0. The largest absolute Gasteiger partial charge is 0.390 e. The van der Waals surface area contributed by atoms with Gasteiger partial charge in [0.25, 0.3) is 17.4 Å². The van der Waals surface area contributed by atoms with Gasteiger partial charge in [-0.25, -0.2) is 13.5 Å². The molecule has 0 aliphatic rings. The lowest BCUT2D eigenvalue weighted by Gasteiger charge is -2.25. The standard InChI is InChI=1S/C37H45F2N5O4/c1-6-13-43(14-7-2)36(47)28-16-24(3)15-27(20-28)35(46)41-33(19-26-17-29(38)21-30(39)18-26)34(45)23-40-22-32-25(4)42(5)44(37(32)48)31-11-9-8-10-12-31/h8-12,15-18,20-21,33-34,40,45H,6-7,13-14,19,22-23H2,1-5H3,(H,41,46)/t33-,34+/m0/s1. The quantitative estimate of drug-likeness (QED) is 0.169. The van der Waals surface area contributed by atoms with Gasteiger partial charge in [0.05, 0.1) is 23.4 Å². The smallest absolute Gasteiger partial charge is 0.276 e. The van der Waals surface area contributed by atoms with Crippen LogP contribution in [-0.4, -0.2) is 63.0 Å². The number of amides is 2. The van der Waals surface area contributed by atoms with Crippen molar-refractivity contribution in [3.63, 3.8) is 0 Å². The molecule has 2 amide bonds. The number of para-hydroxylation sites is 1. The summed E-state index contributed by atoms with van der Waals surface area (Å²) in [6.45, 7) is 8.91. The van der Waals surface area contributed by atoms with E-state index in [4.69, 9.17) is 0 Å². The summed E-state index contributed by atoms with van der Waals surface area (Å²) in [5, 5.41) is 17.3. The summed E-state index contributed by atoms with van der Waals surface area (Å²) >= 11 is 0. The summed E-state index contributed by atoms with van der Waals surface area (Å²) in [4.78, 5) is 42.0. The van der Waals surface area contributed by atoms with Crippen molar-refractivity contribution in [3.05, 3.63) is 122 Å². The lowest BCUT2D eigenvalue weighted by Crippen LogP contribution is -2.49. The van der Waals surface area contributed by atoms with Crippen molar-refractivity contribution in [2.45, 2.75) is 65.6 Å². The van der Waals surface area contributed by atoms with Crippen LogP contribution in [0.3, 0.4) is 0 Å². The number of nitrogens with zero attached hydrogens (tertiary/aromatic N) is 3. The molecule has 0 saturated carbocycles. The number of hydrogen-bond acceptors (Lipinski definition) is 5. The zero-order valence-electron chi connectivity index (χ0n) is 28.2. The van der Waals surface area contributed by atoms with Gasteiger partial charge in [0.15, 0.2) is 0 Å². The average molecular weight is 662 g/mol. The number of benzene rings is 3. The highest BCUT2D eigenvalue weighted by Crippen LogP contribution is 2.17. The number of aliphatic hydroxyl groups excluding tert-OH is 1. The fourth-order valence-corrected chi connectivity index (χ4v) is 5.91. The highest BCUT2D eigenvalue weighted by atomic mass is 19.1. The van der Waals surface area contributed by atoms with Crippen molar-refractivity contribution in [3.8, 4) is 5.69 Å². The maximum absolute atomic E-state index is 14.1. The fourth-order valence-electron chi connectivity index (χ4n) is 5.91. The highest BCUT2D eigenvalue weighted by Gasteiger charge is 2.25. The van der Waals surface area contributed by atoms with Crippen LogP contribution in [0.15, 0.2) is 71.5 Å². The van der Waals surface area contributed by atoms with Crippen LogP contribution in [0.25, 0.3) is 5.69 Å². The maximum atomic E-state index is 14.1. The van der Waals surface area contributed by atoms with Crippen molar-refractivity contribution in [2.24, 2.45) is 7.05 Å². The summed E-state index contributed by atoms with van der Waals surface area (Å²) < 4.78 is 31.5. The second-order valence-corrected chi connectivity index (χ2v) is 12.2. The van der Waals surface area contributed by atoms with Crippen LogP contribution in [0.2, 0.25) is 0 Å². The fraction of sp³-hybridized carbons (Fsp3) is 0.378. The molecule has 1 aromatic heterocycles. The molecule has 0 fully saturated rings. The van der Waals surface area contributed by atoms with Gasteiger partial charge in [0.1, 0.15) is 11.6 Å². The molecule has 48 heavy (non-hydrogen) atoms. The Balaban J connectivity index is 1.55. The van der Waals surface area contributed by atoms with E-state index >= 15 is 0 Å². The van der Waals surface area contributed by atoms with Crippen molar-refractivity contribution in [1.29, 1.82) is 0 Å². The molecule has 0 bridgehead atoms. The van der Waals surface area contributed by atoms with Crippen LogP contribution >= 0.6 is 0 Å². The molecule has 0 aliphatic heterocycles. The van der Waals surface area contributed by atoms with Gasteiger partial charge in [-0.05, 0) is 86.7 Å². The van der Waals surface area contributed by atoms with E-state index in [-0.39, 0.29) is 42.1 Å². The zero-order valence-corrected chi connectivity index (χ0v) is 28.2. The molecule has 0 spiro atoms. The summed E-state index contributed by atoms with van der Waals surface area (Å²) in [6.07, 6.45) is 0.307. The Morgan fingerprint density at radius 1 is 0.917 bits per heavy atom. The Kier molecular flexibility index (Phi) is 12.4. The van der Waals surface area contributed by atoms with Gasteiger partial charge in [0, 0.05) is 56.1 Å². The Bertz CT molecular complexity index is 1760. The first kappa shape index (κ1) is 36.2. The van der Waals surface area contributed by atoms with E-state index in [9.17, 15) is 28.3 Å². The summed E-state index contributed by atoms with van der Waals surface area (Å²) in [5.74, 6) is -2.27. The Labute approximate surface area is 280 Å². The molecule has 4 aromatic rings. The van der Waals surface area contributed by atoms with Crippen LogP contribution in [0, 0.1) is 25.5 Å². The number of rotatable bonds is 15. The first-order valence-electron chi connectivity index (χ1n) is 16.3. The van der Waals surface area contributed by atoms with Crippen LogP contribution in [0.1, 0.15) is 69.8 Å². The Morgan fingerprint density at radius 3 is 2.17 bits per heavy atom. The van der Waals surface area contributed by atoms with Crippen LogP contribution in [-0.2, 0) is 20.0 Å². The number of aryl methyl sites for hydroxylation is 1. The monoisotopic (exact) mass is 661 g/mol. The number of carbonyl (C=O) groups is 2. The molecule has 3 aromatic carbocycles. The van der Waals surface area contributed by atoms with E-state index in [1.165, 1.54) is 6.07 Å². The van der Waals surface area contributed by atoms with E-state index in [2.05, 4.69) is 10.6 Å². The predicted octanol–water partition coefficient (Wildman–Crippen LogP) is 4.83. The highest BCUT2D eigenvalue weighted by molar-refractivity contribution is 6.00. The van der Waals surface area contributed by atoms with E-state index < -0.39 is 29.7 Å². The topological polar surface area (TPSA) is 109 Å². The minimum Gasteiger partial charge on any atom is -0.390 e. The second kappa shape index (κ2) is 16.5. The molecular formula is C37H45F2N5O4. The SMILES string of the molecule is CCCN(CCC)C(=O)c1cc(C)cc(C(=O)N[C@@H](Cc2cc(F)cc(F)c2)[C@H](O)CNCc2c(C)n(C)n(-c3ccccc3)c2=O)c1. The molecule has 0 radical (unpaired) electrons. The number of halogens is 2. The van der Waals surface area contributed by atoms with Crippen molar-refractivity contribution in [2.75, 3.05) is 19.6 Å². The van der Waals surface area contributed by atoms with Crippen molar-refractivity contribution < 1.29 is 23.5 Å². The number of hydrogen-bond donors (Lipinski definition) is 3. The van der Waals surface area contributed by atoms with E-state index in [0.717, 1.165) is 36.7 Å². The molecule has 3 N–H and O–H groups in total. The second-order valence-electron chi connectivity index (χ2n) is 12.2. The lowest BCUT2D eigenvalue weighted by atomic mass is 9.99. The molecule has 11 heteroatoms. The molecule has 1 heterocycles. The Hall–Kier alpha value is -4.61. The summed E-state index contributed by atoms with van der Waals surface area (Å²) in [6, 6.07) is 16.2. The van der Waals surface area contributed by atoms with Gasteiger partial charge in [-0.15, -0.1) is 0 Å². The summed E-state index contributed by atoms with van der Waals surface area (Å²) in [7, 11) is 1.79. The Morgan fingerprint density at radius 2 is 1.54 bits per heavy atom. The van der Waals surface area contributed by atoms with Crippen molar-refractivity contribution >= 4 is 11.8 Å². The third-order valence-corrected chi connectivity index (χ3v) is 8.35. The van der Waals surface area contributed by atoms with Crippen molar-refractivity contribution in [1.82, 2.24) is 24.9 Å². The molecule has 4 rings (SSSR count). The van der Waals surface area contributed by atoms with Gasteiger partial charge >= 0.3 is 0 Å². The van der Waals surface area contributed by atoms with E-state index in [1.807, 2.05) is 51.1 Å². The third-order valence-electron chi connectivity index (χ3n) is 8.35. The molecule has 256 valence electrons. The lowest BCUT2D eigenvalue weighted by molar-refractivity contribution is 0.0755. The normalized spacial score (nSPS) is 12.5. The predicted molar refractivity (Wildman–Crippen MR) is 182 cm³/mol. The van der Waals surface area contributed by atoms with Gasteiger partial charge < -0.3 is 20.6 Å². The third kappa shape index (κ3) is 8.84. The van der Waals surface area contributed by atoms with Gasteiger partial charge in [-0.3, -0.25) is 19.1 Å². The number of aliphatic hydroxyl groups is 1. The van der Waals surface area contributed by atoms with Crippen LogP contribution in [0.4, 0.5) is 8.78 Å². The van der Waals surface area contributed by atoms with Gasteiger partial charge in [-0.1, -0.05) is 32.0 Å². The van der Waals surface area contributed by atoms with Crippen LogP contribution in [0.5, 0.6) is 0 Å². The molecule has 9 nitrogen and oxygen atoms in total. The molecule has 0 unspecified atom stereocenters. The first-order chi connectivity index (χ1) is 22.9.